The number of hydrogen-bond donors (Lipinski definition) is 1. The molecule has 3 heterocycles. The predicted octanol–water partition coefficient (Wildman–Crippen LogP) is 0.452. The second-order valence-corrected chi connectivity index (χ2v) is 4.76. The second kappa shape index (κ2) is 4.36. The van der Waals surface area contributed by atoms with E-state index >= 15 is 0 Å². The standard InChI is InChI=1S/C11H18N4O2/c1-9-12-10(14-13-9)7-15-4-2-3-11(8-15)16-5-6-17-11/h2-8H2,1H3,(H,12,13,14). The Morgan fingerprint density at radius 2 is 2.24 bits per heavy atom. The van der Waals surface area contributed by atoms with E-state index in [1.165, 1.54) is 0 Å². The number of piperidine rings is 1. The smallest absolute Gasteiger partial charge is 0.181 e. The molecule has 0 saturated carbocycles. The maximum absolute atomic E-state index is 5.74. The number of ether oxygens (including phenoxy) is 2. The summed E-state index contributed by atoms with van der Waals surface area (Å²) in [7, 11) is 0. The number of aryl methyl sites for hydroxylation is 1. The van der Waals surface area contributed by atoms with Crippen LogP contribution in [0.25, 0.3) is 0 Å². The van der Waals surface area contributed by atoms with E-state index in [4.69, 9.17) is 9.47 Å². The maximum Gasteiger partial charge on any atom is 0.181 e. The molecule has 1 aromatic heterocycles. The molecule has 0 radical (unpaired) electrons. The van der Waals surface area contributed by atoms with Crippen LogP contribution < -0.4 is 0 Å². The Kier molecular flexibility index (Phi) is 2.85. The van der Waals surface area contributed by atoms with Crippen molar-refractivity contribution in [3.05, 3.63) is 11.6 Å². The number of aromatic nitrogens is 3. The van der Waals surface area contributed by atoms with Crippen molar-refractivity contribution >= 4 is 0 Å². The average molecular weight is 238 g/mol. The molecular weight excluding hydrogens is 220 g/mol. The lowest BCUT2D eigenvalue weighted by molar-refractivity contribution is -0.190. The highest BCUT2D eigenvalue weighted by molar-refractivity contribution is 4.91. The Morgan fingerprint density at radius 1 is 1.41 bits per heavy atom. The lowest BCUT2D eigenvalue weighted by Crippen LogP contribution is -2.48. The molecule has 3 rings (SSSR count). The zero-order valence-corrected chi connectivity index (χ0v) is 10.1. The van der Waals surface area contributed by atoms with Crippen molar-refractivity contribution in [1.82, 2.24) is 20.1 Å². The monoisotopic (exact) mass is 238 g/mol. The summed E-state index contributed by atoms with van der Waals surface area (Å²) in [6.07, 6.45) is 2.10. The highest BCUT2D eigenvalue weighted by atomic mass is 16.7. The Balaban J connectivity index is 1.64. The van der Waals surface area contributed by atoms with Gasteiger partial charge in [0.1, 0.15) is 5.82 Å². The summed E-state index contributed by atoms with van der Waals surface area (Å²) in [4.78, 5) is 6.63. The number of H-pyrrole nitrogens is 1. The van der Waals surface area contributed by atoms with E-state index in [2.05, 4.69) is 20.1 Å². The third-order valence-corrected chi connectivity index (χ3v) is 3.32. The van der Waals surface area contributed by atoms with Gasteiger partial charge < -0.3 is 9.47 Å². The van der Waals surface area contributed by atoms with Crippen molar-refractivity contribution in [2.24, 2.45) is 0 Å². The Hall–Kier alpha value is -0.980. The average Bonchev–Trinajstić information content (AvgIpc) is 2.89. The molecule has 1 spiro atoms. The SMILES string of the molecule is Cc1nc(CN2CCCC3(C2)OCCO3)n[nH]1. The summed E-state index contributed by atoms with van der Waals surface area (Å²) in [6, 6.07) is 0. The minimum absolute atomic E-state index is 0.358. The number of aromatic amines is 1. The minimum atomic E-state index is -0.358. The fourth-order valence-corrected chi connectivity index (χ4v) is 2.60. The number of nitrogens with zero attached hydrogens (tertiary/aromatic N) is 3. The lowest BCUT2D eigenvalue weighted by Gasteiger charge is -2.38. The largest absolute Gasteiger partial charge is 0.346 e. The fourth-order valence-electron chi connectivity index (χ4n) is 2.60. The van der Waals surface area contributed by atoms with E-state index in [-0.39, 0.29) is 5.79 Å². The molecule has 0 atom stereocenters. The van der Waals surface area contributed by atoms with Crippen LogP contribution in [-0.2, 0) is 16.0 Å². The zero-order valence-electron chi connectivity index (χ0n) is 10.1. The topological polar surface area (TPSA) is 63.3 Å². The third-order valence-electron chi connectivity index (χ3n) is 3.32. The van der Waals surface area contributed by atoms with E-state index in [0.717, 1.165) is 44.1 Å². The third kappa shape index (κ3) is 2.34. The number of rotatable bonds is 2. The van der Waals surface area contributed by atoms with Crippen LogP contribution >= 0.6 is 0 Å². The molecule has 1 N–H and O–H groups in total. The Bertz CT molecular complexity index is 387. The summed E-state index contributed by atoms with van der Waals surface area (Å²) in [5, 5.41) is 7.03. The molecule has 0 bridgehead atoms. The van der Waals surface area contributed by atoms with Crippen LogP contribution in [0.1, 0.15) is 24.5 Å². The minimum Gasteiger partial charge on any atom is -0.346 e. The van der Waals surface area contributed by atoms with Gasteiger partial charge in [-0.05, 0) is 19.9 Å². The van der Waals surface area contributed by atoms with Crippen LogP contribution in [0.15, 0.2) is 0 Å². The van der Waals surface area contributed by atoms with E-state index in [9.17, 15) is 0 Å². The first-order valence-corrected chi connectivity index (χ1v) is 6.14. The Labute approximate surface area is 100 Å². The molecule has 94 valence electrons. The molecule has 2 aliphatic rings. The molecule has 0 amide bonds. The van der Waals surface area contributed by atoms with Crippen molar-refractivity contribution in [3.8, 4) is 0 Å². The Morgan fingerprint density at radius 3 is 2.94 bits per heavy atom. The van der Waals surface area contributed by atoms with E-state index in [0.29, 0.717) is 13.2 Å². The van der Waals surface area contributed by atoms with Gasteiger partial charge >= 0.3 is 0 Å². The predicted molar refractivity (Wildman–Crippen MR) is 60.3 cm³/mol. The van der Waals surface area contributed by atoms with E-state index in [1.807, 2.05) is 6.92 Å². The molecule has 2 fully saturated rings. The van der Waals surface area contributed by atoms with Crippen LogP contribution in [0.5, 0.6) is 0 Å². The summed E-state index contributed by atoms with van der Waals surface area (Å²) in [5.74, 6) is 1.35. The number of likely N-dealkylation sites (tertiary alicyclic amines) is 1. The van der Waals surface area contributed by atoms with Gasteiger partial charge in [0.15, 0.2) is 11.6 Å². The number of nitrogens with one attached hydrogen (secondary N) is 1. The molecule has 2 saturated heterocycles. The molecule has 0 unspecified atom stereocenters. The van der Waals surface area contributed by atoms with Gasteiger partial charge in [0.2, 0.25) is 0 Å². The molecule has 6 nitrogen and oxygen atoms in total. The maximum atomic E-state index is 5.74. The molecular formula is C11H18N4O2. The van der Waals surface area contributed by atoms with E-state index < -0.39 is 0 Å². The summed E-state index contributed by atoms with van der Waals surface area (Å²) < 4.78 is 11.5. The summed E-state index contributed by atoms with van der Waals surface area (Å²) >= 11 is 0. The molecule has 1 aromatic rings. The van der Waals surface area contributed by atoms with Gasteiger partial charge in [-0.25, -0.2) is 4.98 Å². The summed E-state index contributed by atoms with van der Waals surface area (Å²) in [5.41, 5.74) is 0. The first kappa shape index (κ1) is 11.1. The van der Waals surface area contributed by atoms with Crippen molar-refractivity contribution in [2.75, 3.05) is 26.3 Å². The molecule has 0 aromatic carbocycles. The molecule has 0 aliphatic carbocycles. The zero-order chi connectivity index (χ0) is 11.7. The molecule has 2 aliphatic heterocycles. The van der Waals surface area contributed by atoms with Gasteiger partial charge in [-0.2, -0.15) is 5.10 Å². The second-order valence-electron chi connectivity index (χ2n) is 4.76. The van der Waals surface area contributed by atoms with Gasteiger partial charge in [0.05, 0.1) is 26.3 Å². The van der Waals surface area contributed by atoms with Gasteiger partial charge in [0.25, 0.3) is 0 Å². The first-order chi connectivity index (χ1) is 8.26. The normalized spacial score (nSPS) is 24.5. The van der Waals surface area contributed by atoms with Crippen molar-refractivity contribution in [1.29, 1.82) is 0 Å². The van der Waals surface area contributed by atoms with Crippen LogP contribution in [0, 0.1) is 6.92 Å². The summed E-state index contributed by atoms with van der Waals surface area (Å²) in [6.45, 7) is 5.99. The lowest BCUT2D eigenvalue weighted by atomic mass is 10.0. The van der Waals surface area contributed by atoms with Crippen LogP contribution in [0.2, 0.25) is 0 Å². The van der Waals surface area contributed by atoms with Crippen molar-refractivity contribution in [3.63, 3.8) is 0 Å². The molecule has 6 heteroatoms. The highest BCUT2D eigenvalue weighted by Gasteiger charge is 2.40. The van der Waals surface area contributed by atoms with Gasteiger partial charge in [0, 0.05) is 6.42 Å². The quantitative estimate of drug-likeness (QED) is 0.810. The number of hydrogen-bond acceptors (Lipinski definition) is 5. The van der Waals surface area contributed by atoms with Crippen LogP contribution in [-0.4, -0.2) is 52.2 Å². The van der Waals surface area contributed by atoms with Gasteiger partial charge in [-0.1, -0.05) is 0 Å². The fraction of sp³-hybridized carbons (Fsp3) is 0.818. The first-order valence-electron chi connectivity index (χ1n) is 6.14. The van der Waals surface area contributed by atoms with Gasteiger partial charge in [-0.3, -0.25) is 10.00 Å². The van der Waals surface area contributed by atoms with Crippen LogP contribution in [0.3, 0.4) is 0 Å². The van der Waals surface area contributed by atoms with Crippen molar-refractivity contribution < 1.29 is 9.47 Å². The molecule has 17 heavy (non-hydrogen) atoms. The van der Waals surface area contributed by atoms with Gasteiger partial charge in [-0.15, -0.1) is 0 Å². The van der Waals surface area contributed by atoms with E-state index in [1.54, 1.807) is 0 Å². The van der Waals surface area contributed by atoms with Crippen LogP contribution in [0.4, 0.5) is 0 Å². The highest BCUT2D eigenvalue weighted by Crippen LogP contribution is 2.30. The van der Waals surface area contributed by atoms with Crippen molar-refractivity contribution in [2.45, 2.75) is 32.1 Å².